The standard InChI is InChI=1S/C24H33F3N2O3Si/c1-33(2,3)12-11-32-17-20-23(30)22(24(25,26)27)21(13-28-20)29-14-19(15-29)9-10-31-16-18-7-5-4-6-8-18/h4-8,13,19-20H,9-12,14-17H2,1-3H3. The molecule has 9 heteroatoms. The Morgan fingerprint density at radius 2 is 1.79 bits per heavy atom. The number of Topliss-reactive ketones (excluding diaryl/α,β-unsaturated/α-hetero) is 1. The monoisotopic (exact) mass is 482 g/mol. The van der Waals surface area contributed by atoms with Gasteiger partial charge in [-0.2, -0.15) is 13.2 Å². The normalized spacial score (nSPS) is 19.9. The summed E-state index contributed by atoms with van der Waals surface area (Å²) in [6, 6.07) is 9.57. The molecule has 1 fully saturated rings. The van der Waals surface area contributed by atoms with Crippen LogP contribution in [0.2, 0.25) is 25.7 Å². The number of aliphatic imine (C=N–C) groups is 1. The van der Waals surface area contributed by atoms with Crippen molar-refractivity contribution in [3.63, 3.8) is 0 Å². The molecule has 0 spiro atoms. The number of nitrogens with zero attached hydrogens (tertiary/aromatic N) is 2. The summed E-state index contributed by atoms with van der Waals surface area (Å²) < 4.78 is 52.5. The lowest BCUT2D eigenvalue weighted by Crippen LogP contribution is -2.50. The van der Waals surface area contributed by atoms with Gasteiger partial charge in [0, 0.05) is 40.6 Å². The number of likely N-dealkylation sites (tertiary alicyclic amines) is 1. The first-order valence-electron chi connectivity index (χ1n) is 11.4. The fourth-order valence-electron chi connectivity index (χ4n) is 3.77. The SMILES string of the molecule is C[Si](C)(C)CCOCC1N=CC(N2CC(CCOCc3ccccc3)C2)=C(C(F)(F)F)C1=O. The highest BCUT2D eigenvalue weighted by Gasteiger charge is 2.47. The molecule has 1 unspecified atom stereocenters. The lowest BCUT2D eigenvalue weighted by atomic mass is 9.92. The summed E-state index contributed by atoms with van der Waals surface area (Å²) in [5, 5.41) is 0. The van der Waals surface area contributed by atoms with Crippen LogP contribution in [0.5, 0.6) is 0 Å². The highest BCUT2D eigenvalue weighted by atomic mass is 28.3. The van der Waals surface area contributed by atoms with Gasteiger partial charge in [-0.05, 0) is 23.9 Å². The quantitative estimate of drug-likeness (QED) is 0.338. The van der Waals surface area contributed by atoms with Gasteiger partial charge < -0.3 is 14.4 Å². The minimum Gasteiger partial charge on any atom is -0.379 e. The van der Waals surface area contributed by atoms with Crippen LogP contribution in [0, 0.1) is 5.92 Å². The molecular weight excluding hydrogens is 449 g/mol. The lowest BCUT2D eigenvalue weighted by Gasteiger charge is -2.43. The van der Waals surface area contributed by atoms with Gasteiger partial charge in [-0.25, -0.2) is 0 Å². The molecule has 0 N–H and O–H groups in total. The maximum Gasteiger partial charge on any atom is 0.421 e. The number of carbonyl (C=O) groups is 1. The van der Waals surface area contributed by atoms with E-state index in [0.29, 0.717) is 32.9 Å². The van der Waals surface area contributed by atoms with E-state index >= 15 is 0 Å². The van der Waals surface area contributed by atoms with Gasteiger partial charge in [-0.1, -0.05) is 50.0 Å². The topological polar surface area (TPSA) is 51.1 Å². The van der Waals surface area contributed by atoms with Crippen LogP contribution < -0.4 is 0 Å². The zero-order valence-electron chi connectivity index (χ0n) is 19.5. The highest BCUT2D eigenvalue weighted by Crippen LogP contribution is 2.36. The molecule has 1 saturated heterocycles. The predicted octanol–water partition coefficient (Wildman–Crippen LogP) is 4.72. The zero-order chi connectivity index (χ0) is 24.1. The first kappa shape index (κ1) is 25.6. The van der Waals surface area contributed by atoms with Crippen LogP contribution in [-0.4, -0.2) is 70.1 Å². The molecule has 0 saturated carbocycles. The number of benzene rings is 1. The molecule has 1 atom stereocenters. The summed E-state index contributed by atoms with van der Waals surface area (Å²) in [7, 11) is -1.32. The van der Waals surface area contributed by atoms with Crippen molar-refractivity contribution in [2.24, 2.45) is 10.9 Å². The molecule has 0 aromatic heterocycles. The summed E-state index contributed by atoms with van der Waals surface area (Å²) in [5.41, 5.74) is -0.133. The van der Waals surface area contributed by atoms with E-state index in [9.17, 15) is 18.0 Å². The Morgan fingerprint density at radius 3 is 2.42 bits per heavy atom. The highest BCUT2D eigenvalue weighted by molar-refractivity contribution is 6.76. The number of halogens is 3. The molecule has 182 valence electrons. The third-order valence-electron chi connectivity index (χ3n) is 5.82. The Balaban J connectivity index is 1.49. The summed E-state index contributed by atoms with van der Waals surface area (Å²) in [5.74, 6) is -0.767. The van der Waals surface area contributed by atoms with Gasteiger partial charge in [-0.3, -0.25) is 9.79 Å². The number of allylic oxidation sites excluding steroid dienone is 1. The van der Waals surface area contributed by atoms with Crippen molar-refractivity contribution in [1.29, 1.82) is 0 Å². The number of carbonyl (C=O) groups excluding carboxylic acids is 1. The molecule has 2 heterocycles. The van der Waals surface area contributed by atoms with Gasteiger partial charge in [0.25, 0.3) is 0 Å². The molecule has 5 nitrogen and oxygen atoms in total. The van der Waals surface area contributed by atoms with Crippen LogP contribution in [0.15, 0.2) is 46.6 Å². The number of rotatable bonds is 11. The largest absolute Gasteiger partial charge is 0.421 e. The smallest absolute Gasteiger partial charge is 0.379 e. The summed E-state index contributed by atoms with van der Waals surface area (Å²) in [6.07, 6.45) is -2.76. The first-order chi connectivity index (χ1) is 15.5. The van der Waals surface area contributed by atoms with Crippen molar-refractivity contribution in [2.45, 2.75) is 50.9 Å². The Morgan fingerprint density at radius 1 is 1.09 bits per heavy atom. The van der Waals surface area contributed by atoms with E-state index in [-0.39, 0.29) is 18.2 Å². The van der Waals surface area contributed by atoms with E-state index in [4.69, 9.17) is 9.47 Å². The average Bonchev–Trinajstić information content (AvgIpc) is 2.69. The van der Waals surface area contributed by atoms with Gasteiger partial charge in [-0.15, -0.1) is 0 Å². The van der Waals surface area contributed by atoms with Gasteiger partial charge in [0.05, 0.1) is 18.9 Å². The fraction of sp³-hybridized carbons (Fsp3) is 0.583. The van der Waals surface area contributed by atoms with Gasteiger partial charge in [0.1, 0.15) is 11.6 Å². The van der Waals surface area contributed by atoms with Crippen molar-refractivity contribution >= 4 is 20.1 Å². The molecule has 0 radical (unpaired) electrons. The van der Waals surface area contributed by atoms with Crippen molar-refractivity contribution in [1.82, 2.24) is 4.90 Å². The van der Waals surface area contributed by atoms with Crippen LogP contribution in [0.1, 0.15) is 12.0 Å². The van der Waals surface area contributed by atoms with E-state index in [0.717, 1.165) is 18.0 Å². The number of ketones is 1. The maximum absolute atomic E-state index is 13.8. The number of dihydropyridines is 1. The van der Waals surface area contributed by atoms with Crippen LogP contribution in [0.25, 0.3) is 0 Å². The fourth-order valence-corrected chi connectivity index (χ4v) is 4.52. The number of hydrogen-bond acceptors (Lipinski definition) is 5. The molecule has 1 aromatic carbocycles. The Bertz CT molecular complexity index is 860. The molecule has 0 bridgehead atoms. The Kier molecular flexibility index (Phi) is 8.52. The van der Waals surface area contributed by atoms with Gasteiger partial charge in [0.2, 0.25) is 0 Å². The molecule has 1 aromatic rings. The minimum absolute atomic E-state index is 0.117. The van der Waals surface area contributed by atoms with Crippen LogP contribution in [0.3, 0.4) is 0 Å². The Hall–Kier alpha value is -1.97. The summed E-state index contributed by atoms with van der Waals surface area (Å²) in [4.78, 5) is 18.3. The van der Waals surface area contributed by atoms with Crippen LogP contribution in [-0.2, 0) is 20.9 Å². The predicted molar refractivity (Wildman–Crippen MR) is 125 cm³/mol. The molecule has 3 rings (SSSR count). The van der Waals surface area contributed by atoms with E-state index in [1.807, 2.05) is 30.3 Å². The second kappa shape index (κ2) is 11.0. The number of ether oxygens (including phenoxy) is 2. The molecular formula is C24H33F3N2O3Si. The maximum atomic E-state index is 13.8. The second-order valence-electron chi connectivity index (χ2n) is 9.90. The molecule has 2 aliphatic heterocycles. The van der Waals surface area contributed by atoms with Crippen molar-refractivity contribution in [3.05, 3.63) is 47.2 Å². The first-order valence-corrected chi connectivity index (χ1v) is 15.1. The molecule has 0 aliphatic carbocycles. The molecule has 0 amide bonds. The van der Waals surface area contributed by atoms with Crippen LogP contribution >= 0.6 is 0 Å². The number of alkyl halides is 3. The lowest BCUT2D eigenvalue weighted by molar-refractivity contribution is -0.132. The third kappa shape index (κ3) is 7.51. The van der Waals surface area contributed by atoms with Crippen molar-refractivity contribution in [3.8, 4) is 0 Å². The zero-order valence-corrected chi connectivity index (χ0v) is 20.5. The van der Waals surface area contributed by atoms with E-state index < -0.39 is 31.6 Å². The van der Waals surface area contributed by atoms with Crippen molar-refractivity contribution < 1.29 is 27.4 Å². The number of hydrogen-bond donors (Lipinski definition) is 0. The van der Waals surface area contributed by atoms with Gasteiger partial charge in [0.15, 0.2) is 5.78 Å². The summed E-state index contributed by atoms with van der Waals surface area (Å²) in [6.45, 7) is 8.86. The van der Waals surface area contributed by atoms with E-state index in [1.165, 1.54) is 6.21 Å². The van der Waals surface area contributed by atoms with E-state index in [2.05, 4.69) is 24.6 Å². The minimum atomic E-state index is -4.72. The Labute approximate surface area is 194 Å². The third-order valence-corrected chi connectivity index (χ3v) is 7.52. The average molecular weight is 483 g/mol. The van der Waals surface area contributed by atoms with Crippen LogP contribution in [0.4, 0.5) is 13.2 Å². The molecule has 2 aliphatic rings. The summed E-state index contributed by atoms with van der Waals surface area (Å²) >= 11 is 0. The second-order valence-corrected chi connectivity index (χ2v) is 15.5. The molecule has 33 heavy (non-hydrogen) atoms. The van der Waals surface area contributed by atoms with E-state index in [1.54, 1.807) is 4.90 Å². The van der Waals surface area contributed by atoms with Crippen molar-refractivity contribution in [2.75, 3.05) is 32.9 Å². The van der Waals surface area contributed by atoms with Gasteiger partial charge >= 0.3 is 6.18 Å².